The summed E-state index contributed by atoms with van der Waals surface area (Å²) >= 11 is 1.33. The minimum Gasteiger partial charge on any atom is -0.487 e. The Morgan fingerprint density at radius 2 is 1.84 bits per heavy atom. The number of aromatic nitrogens is 1. The number of carboxylic acid groups (broad SMARTS) is 1. The zero-order valence-corrected chi connectivity index (χ0v) is 17.3. The maximum absolute atomic E-state index is 12.7. The van der Waals surface area contributed by atoms with Crippen LogP contribution in [0.2, 0.25) is 0 Å². The van der Waals surface area contributed by atoms with Crippen LogP contribution in [0.5, 0.6) is 5.75 Å². The van der Waals surface area contributed by atoms with Crippen molar-refractivity contribution in [2.24, 2.45) is 0 Å². The Hall–Kier alpha value is -3.31. The maximum Gasteiger partial charge on any atom is 0.416 e. The standard InChI is InChI=1S/C23H18F3NO3S/c1-2-3-17(12-21(28)29)15-6-10-20(11-7-15)30-13-19-14-31-22(27-19)16-4-8-18(9-5-16)23(24,25)26/h4-11,14,17H,12-13H2,1H3,(H,28,29). The van der Waals surface area contributed by atoms with E-state index in [0.717, 1.165) is 17.7 Å². The van der Waals surface area contributed by atoms with Crippen molar-refractivity contribution in [2.75, 3.05) is 0 Å². The Balaban J connectivity index is 1.62. The van der Waals surface area contributed by atoms with E-state index in [1.165, 1.54) is 23.5 Å². The number of rotatable bonds is 7. The van der Waals surface area contributed by atoms with Crippen molar-refractivity contribution in [2.45, 2.75) is 32.0 Å². The first-order chi connectivity index (χ1) is 14.8. The molecule has 0 spiro atoms. The number of ether oxygens (including phenoxy) is 1. The number of carboxylic acids is 1. The smallest absolute Gasteiger partial charge is 0.416 e. The van der Waals surface area contributed by atoms with Crippen LogP contribution in [0.4, 0.5) is 13.2 Å². The summed E-state index contributed by atoms with van der Waals surface area (Å²) in [6.45, 7) is 1.86. The van der Waals surface area contributed by atoms with Crippen LogP contribution in [0.1, 0.15) is 36.1 Å². The van der Waals surface area contributed by atoms with Crippen molar-refractivity contribution in [3.8, 4) is 28.2 Å². The quantitative estimate of drug-likeness (QED) is 0.454. The number of thiazole rings is 1. The Kier molecular flexibility index (Phi) is 6.98. The number of hydrogen-bond donors (Lipinski definition) is 1. The zero-order valence-electron chi connectivity index (χ0n) is 16.4. The van der Waals surface area contributed by atoms with Crippen molar-refractivity contribution < 1.29 is 27.8 Å². The van der Waals surface area contributed by atoms with Gasteiger partial charge in [0.05, 0.1) is 23.6 Å². The largest absolute Gasteiger partial charge is 0.487 e. The third-order valence-corrected chi connectivity index (χ3v) is 5.32. The Morgan fingerprint density at radius 3 is 2.42 bits per heavy atom. The Labute approximate surface area is 181 Å². The van der Waals surface area contributed by atoms with Crippen molar-refractivity contribution in [3.05, 3.63) is 70.7 Å². The molecular formula is C23H18F3NO3S. The number of aliphatic carboxylic acids is 1. The minimum atomic E-state index is -4.37. The summed E-state index contributed by atoms with van der Waals surface area (Å²) in [6, 6.07) is 11.9. The average molecular weight is 445 g/mol. The maximum atomic E-state index is 12.7. The number of alkyl halides is 3. The lowest BCUT2D eigenvalue weighted by Crippen LogP contribution is -2.04. The summed E-state index contributed by atoms with van der Waals surface area (Å²) in [5.41, 5.74) is 1.36. The van der Waals surface area contributed by atoms with Gasteiger partial charge in [-0.05, 0) is 36.8 Å². The molecule has 1 unspecified atom stereocenters. The average Bonchev–Trinajstić information content (AvgIpc) is 3.21. The van der Waals surface area contributed by atoms with E-state index >= 15 is 0 Å². The molecule has 0 radical (unpaired) electrons. The van der Waals surface area contributed by atoms with Gasteiger partial charge in [-0.15, -0.1) is 17.3 Å². The highest BCUT2D eigenvalue weighted by atomic mass is 32.1. The van der Waals surface area contributed by atoms with Gasteiger partial charge >= 0.3 is 12.1 Å². The van der Waals surface area contributed by atoms with Gasteiger partial charge in [-0.1, -0.05) is 30.2 Å². The van der Waals surface area contributed by atoms with E-state index < -0.39 is 17.7 Å². The molecular weight excluding hydrogens is 427 g/mol. The molecule has 3 aromatic rings. The van der Waals surface area contributed by atoms with Gasteiger partial charge in [0.15, 0.2) is 0 Å². The first-order valence-electron chi connectivity index (χ1n) is 9.25. The number of benzene rings is 2. The van der Waals surface area contributed by atoms with E-state index in [2.05, 4.69) is 16.8 Å². The number of hydrogen-bond acceptors (Lipinski definition) is 4. The lowest BCUT2D eigenvalue weighted by molar-refractivity contribution is -0.138. The second-order valence-electron chi connectivity index (χ2n) is 6.62. The Morgan fingerprint density at radius 1 is 1.16 bits per heavy atom. The fourth-order valence-corrected chi connectivity index (χ4v) is 3.67. The highest BCUT2D eigenvalue weighted by Gasteiger charge is 2.30. The molecule has 0 aliphatic carbocycles. The van der Waals surface area contributed by atoms with Crippen molar-refractivity contribution in [1.82, 2.24) is 4.98 Å². The molecule has 0 aliphatic heterocycles. The summed E-state index contributed by atoms with van der Waals surface area (Å²) < 4.78 is 43.8. The topological polar surface area (TPSA) is 59.4 Å². The normalized spacial score (nSPS) is 12.0. The molecule has 1 aromatic heterocycles. The van der Waals surface area contributed by atoms with Gasteiger partial charge in [0.1, 0.15) is 17.4 Å². The highest BCUT2D eigenvalue weighted by molar-refractivity contribution is 7.13. The molecule has 0 fully saturated rings. The molecule has 1 heterocycles. The van der Waals surface area contributed by atoms with Crippen LogP contribution in [0.15, 0.2) is 53.9 Å². The van der Waals surface area contributed by atoms with E-state index in [1.54, 1.807) is 36.6 Å². The monoisotopic (exact) mass is 445 g/mol. The van der Waals surface area contributed by atoms with Gasteiger partial charge < -0.3 is 9.84 Å². The van der Waals surface area contributed by atoms with Gasteiger partial charge in [-0.2, -0.15) is 13.2 Å². The van der Waals surface area contributed by atoms with Gasteiger partial charge in [-0.3, -0.25) is 4.79 Å². The molecule has 0 saturated carbocycles. The highest BCUT2D eigenvalue weighted by Crippen LogP contribution is 2.32. The first kappa shape index (κ1) is 22.4. The molecule has 0 aliphatic rings. The molecule has 160 valence electrons. The molecule has 4 nitrogen and oxygen atoms in total. The molecule has 31 heavy (non-hydrogen) atoms. The number of carbonyl (C=O) groups is 1. The molecule has 0 bridgehead atoms. The van der Waals surface area contributed by atoms with Gasteiger partial charge in [0.2, 0.25) is 0 Å². The fraction of sp³-hybridized carbons (Fsp3) is 0.217. The summed E-state index contributed by atoms with van der Waals surface area (Å²) in [6.07, 6.45) is -4.45. The summed E-state index contributed by atoms with van der Waals surface area (Å²) in [5, 5.41) is 11.4. The van der Waals surface area contributed by atoms with Crippen molar-refractivity contribution >= 4 is 17.3 Å². The Bertz CT molecular complexity index is 1090. The SMILES string of the molecule is CC#CC(CC(=O)O)c1ccc(OCc2csc(-c3ccc(C(F)(F)F)cc3)n2)cc1. The lowest BCUT2D eigenvalue weighted by atomic mass is 9.96. The van der Waals surface area contributed by atoms with E-state index in [9.17, 15) is 18.0 Å². The van der Waals surface area contributed by atoms with Crippen LogP contribution >= 0.6 is 11.3 Å². The van der Waals surface area contributed by atoms with Crippen molar-refractivity contribution in [1.29, 1.82) is 0 Å². The molecule has 3 rings (SSSR count). The molecule has 2 aromatic carbocycles. The molecule has 1 atom stereocenters. The van der Waals surface area contributed by atoms with Crippen LogP contribution < -0.4 is 4.74 Å². The van der Waals surface area contributed by atoms with Gasteiger partial charge in [0, 0.05) is 10.9 Å². The van der Waals surface area contributed by atoms with Crippen molar-refractivity contribution in [3.63, 3.8) is 0 Å². The third-order valence-electron chi connectivity index (χ3n) is 4.38. The predicted octanol–water partition coefficient (Wildman–Crippen LogP) is 5.99. The van der Waals surface area contributed by atoms with E-state index in [0.29, 0.717) is 22.0 Å². The first-order valence-corrected chi connectivity index (χ1v) is 10.1. The van der Waals surface area contributed by atoms with Gasteiger partial charge in [-0.25, -0.2) is 4.98 Å². The summed E-state index contributed by atoms with van der Waals surface area (Å²) in [5.74, 6) is 4.93. The second kappa shape index (κ2) is 9.67. The van der Waals surface area contributed by atoms with Gasteiger partial charge in [0.25, 0.3) is 0 Å². The van der Waals surface area contributed by atoms with E-state index in [1.807, 2.05) is 0 Å². The van der Waals surface area contributed by atoms with Crippen LogP contribution in [0.25, 0.3) is 10.6 Å². The summed E-state index contributed by atoms with van der Waals surface area (Å²) in [4.78, 5) is 15.4. The molecule has 0 amide bonds. The lowest BCUT2D eigenvalue weighted by Gasteiger charge is -2.10. The number of nitrogens with zero attached hydrogens (tertiary/aromatic N) is 1. The van der Waals surface area contributed by atoms with Crippen LogP contribution in [0.3, 0.4) is 0 Å². The minimum absolute atomic E-state index is 0.0768. The summed E-state index contributed by atoms with van der Waals surface area (Å²) in [7, 11) is 0. The molecule has 0 saturated heterocycles. The van der Waals surface area contributed by atoms with E-state index in [4.69, 9.17) is 9.84 Å². The number of halogens is 3. The van der Waals surface area contributed by atoms with E-state index in [-0.39, 0.29) is 18.9 Å². The van der Waals surface area contributed by atoms with Crippen LogP contribution in [-0.4, -0.2) is 16.1 Å². The zero-order chi connectivity index (χ0) is 22.4. The fourth-order valence-electron chi connectivity index (χ4n) is 2.86. The second-order valence-corrected chi connectivity index (χ2v) is 7.48. The van der Waals surface area contributed by atoms with Crippen LogP contribution in [0, 0.1) is 11.8 Å². The third kappa shape index (κ3) is 6.09. The molecule has 1 N–H and O–H groups in total. The molecule has 8 heteroatoms. The predicted molar refractivity (Wildman–Crippen MR) is 112 cm³/mol. The van der Waals surface area contributed by atoms with Crippen LogP contribution in [-0.2, 0) is 17.6 Å².